The van der Waals surface area contributed by atoms with Crippen LogP contribution in [0.1, 0.15) is 0 Å². The van der Waals surface area contributed by atoms with Crippen molar-refractivity contribution < 1.29 is 14.9 Å². The second-order valence-electron chi connectivity index (χ2n) is 6.80. The number of fused-ring (bicyclic) bond motifs is 1. The Hall–Kier alpha value is -3.65. The lowest BCUT2D eigenvalue weighted by Gasteiger charge is -2.28. The van der Waals surface area contributed by atoms with Crippen molar-refractivity contribution in [1.82, 2.24) is 19.5 Å². The van der Waals surface area contributed by atoms with Crippen molar-refractivity contribution in [1.29, 1.82) is 0 Å². The maximum atomic E-state index is 9.94. The van der Waals surface area contributed by atoms with Gasteiger partial charge in [-0.15, -0.1) is 0 Å². The molecule has 1 saturated heterocycles. The van der Waals surface area contributed by atoms with Crippen molar-refractivity contribution in [2.45, 2.75) is 0 Å². The van der Waals surface area contributed by atoms with Crippen LogP contribution in [0.15, 0.2) is 54.9 Å². The highest BCUT2D eigenvalue weighted by Gasteiger charge is 2.21. The number of hydrogen-bond donors (Lipinski definition) is 2. The third-order valence-electron chi connectivity index (χ3n) is 4.96. The first-order valence-corrected chi connectivity index (χ1v) is 9.36. The van der Waals surface area contributed by atoms with Gasteiger partial charge in [-0.1, -0.05) is 18.2 Å². The molecule has 8 heteroatoms. The van der Waals surface area contributed by atoms with Gasteiger partial charge in [0.15, 0.2) is 34.3 Å². The maximum Gasteiger partial charge on any atom is 0.170 e. The van der Waals surface area contributed by atoms with Crippen LogP contribution < -0.4 is 4.90 Å². The predicted molar refractivity (Wildman–Crippen MR) is 108 cm³/mol. The van der Waals surface area contributed by atoms with Crippen LogP contribution in [0.2, 0.25) is 0 Å². The molecule has 0 bridgehead atoms. The summed E-state index contributed by atoms with van der Waals surface area (Å²) in [5, 5.41) is 19.6. The Morgan fingerprint density at radius 1 is 0.897 bits per heavy atom. The van der Waals surface area contributed by atoms with E-state index in [1.165, 1.54) is 12.1 Å². The predicted octanol–water partition coefficient (Wildman–Crippen LogP) is 2.73. The van der Waals surface area contributed by atoms with E-state index in [4.69, 9.17) is 14.7 Å². The van der Waals surface area contributed by atoms with Gasteiger partial charge in [0.05, 0.1) is 13.2 Å². The summed E-state index contributed by atoms with van der Waals surface area (Å²) in [4.78, 5) is 16.3. The van der Waals surface area contributed by atoms with Crippen molar-refractivity contribution in [2.24, 2.45) is 0 Å². The van der Waals surface area contributed by atoms with Gasteiger partial charge in [0, 0.05) is 24.3 Å². The van der Waals surface area contributed by atoms with E-state index in [9.17, 15) is 10.2 Å². The minimum absolute atomic E-state index is 0.183. The number of nitrogens with zero attached hydrogens (tertiary/aromatic N) is 5. The molecule has 8 nitrogen and oxygen atoms in total. The first kappa shape index (κ1) is 17.4. The van der Waals surface area contributed by atoms with Crippen LogP contribution in [0.4, 0.5) is 5.82 Å². The largest absolute Gasteiger partial charge is 0.504 e. The monoisotopic (exact) mass is 389 g/mol. The van der Waals surface area contributed by atoms with E-state index in [0.29, 0.717) is 48.9 Å². The van der Waals surface area contributed by atoms with E-state index >= 15 is 0 Å². The molecular weight excluding hydrogens is 370 g/mol. The Morgan fingerprint density at radius 3 is 2.45 bits per heavy atom. The van der Waals surface area contributed by atoms with E-state index in [1.807, 2.05) is 34.9 Å². The van der Waals surface area contributed by atoms with Gasteiger partial charge in [-0.25, -0.2) is 15.0 Å². The minimum atomic E-state index is -0.212. The second kappa shape index (κ2) is 7.06. The topological polar surface area (TPSA) is 96.5 Å². The van der Waals surface area contributed by atoms with Crippen molar-refractivity contribution in [3.8, 4) is 28.6 Å². The summed E-state index contributed by atoms with van der Waals surface area (Å²) in [6.45, 7) is 2.68. The molecular formula is C21H19N5O3. The molecule has 0 saturated carbocycles. The molecule has 2 N–H and O–H groups in total. The van der Waals surface area contributed by atoms with Gasteiger partial charge in [-0.3, -0.25) is 4.57 Å². The van der Waals surface area contributed by atoms with Crippen LogP contribution in [0.3, 0.4) is 0 Å². The average molecular weight is 389 g/mol. The van der Waals surface area contributed by atoms with Gasteiger partial charge in [0.25, 0.3) is 0 Å². The Bertz CT molecular complexity index is 1170. The first-order chi connectivity index (χ1) is 14.2. The van der Waals surface area contributed by atoms with Gasteiger partial charge in [-0.05, 0) is 30.3 Å². The molecule has 0 aliphatic carbocycles. The molecule has 1 aliphatic heterocycles. The fraction of sp³-hybridized carbons (Fsp3) is 0.190. The quantitative estimate of drug-likeness (QED) is 0.520. The summed E-state index contributed by atoms with van der Waals surface area (Å²) in [6, 6.07) is 14.4. The lowest BCUT2D eigenvalue weighted by atomic mass is 10.2. The Morgan fingerprint density at radius 2 is 1.69 bits per heavy atom. The van der Waals surface area contributed by atoms with E-state index < -0.39 is 0 Å². The molecule has 2 aromatic heterocycles. The number of benzene rings is 2. The fourth-order valence-corrected chi connectivity index (χ4v) is 3.45. The molecule has 0 spiro atoms. The van der Waals surface area contributed by atoms with Crippen LogP contribution in [0.5, 0.6) is 11.5 Å². The lowest BCUT2D eigenvalue weighted by Crippen LogP contribution is -2.37. The Balaban J connectivity index is 1.73. The zero-order valence-electron chi connectivity index (χ0n) is 15.6. The Labute approximate surface area is 166 Å². The number of rotatable bonds is 3. The molecule has 0 atom stereocenters. The molecule has 4 aromatic rings. The molecule has 1 fully saturated rings. The summed E-state index contributed by atoms with van der Waals surface area (Å²) >= 11 is 0. The smallest absolute Gasteiger partial charge is 0.170 e. The molecule has 3 heterocycles. The van der Waals surface area contributed by atoms with E-state index in [-0.39, 0.29) is 11.5 Å². The average Bonchev–Trinajstić information content (AvgIpc) is 3.20. The van der Waals surface area contributed by atoms with Gasteiger partial charge in [-0.2, -0.15) is 0 Å². The van der Waals surface area contributed by atoms with Crippen molar-refractivity contribution in [3.63, 3.8) is 0 Å². The number of anilines is 1. The highest BCUT2D eigenvalue weighted by Crippen LogP contribution is 2.32. The first-order valence-electron chi connectivity index (χ1n) is 9.36. The second-order valence-corrected chi connectivity index (χ2v) is 6.80. The zero-order chi connectivity index (χ0) is 19.8. The standard InChI is InChI=1S/C21H19N5O3/c27-16-7-6-14(12-17(16)28)19-23-20(25-8-10-29-11-9-25)18-21(24-19)26(13-22-18)15-4-2-1-3-5-15/h1-7,12-13,27-28H,8-11H2. The SMILES string of the molecule is Oc1ccc(-c2nc(N3CCOCC3)c3ncn(-c4ccccc4)c3n2)cc1O. The number of phenolic OH excluding ortho intramolecular Hbond substituents is 2. The summed E-state index contributed by atoms with van der Waals surface area (Å²) in [7, 11) is 0. The van der Waals surface area contributed by atoms with Gasteiger partial charge < -0.3 is 19.8 Å². The number of imidazole rings is 1. The normalized spacial score (nSPS) is 14.4. The van der Waals surface area contributed by atoms with E-state index in [2.05, 4.69) is 9.88 Å². The highest BCUT2D eigenvalue weighted by molar-refractivity contribution is 5.87. The summed E-state index contributed by atoms with van der Waals surface area (Å²) in [6.07, 6.45) is 1.75. The van der Waals surface area contributed by atoms with Crippen LogP contribution in [-0.4, -0.2) is 56.0 Å². The molecule has 2 aromatic carbocycles. The summed E-state index contributed by atoms with van der Waals surface area (Å²) < 4.78 is 7.40. The summed E-state index contributed by atoms with van der Waals surface area (Å²) in [5.41, 5.74) is 2.94. The zero-order valence-corrected chi connectivity index (χ0v) is 15.6. The minimum Gasteiger partial charge on any atom is -0.504 e. The summed E-state index contributed by atoms with van der Waals surface area (Å²) in [5.74, 6) is 0.788. The Kier molecular flexibility index (Phi) is 4.25. The maximum absolute atomic E-state index is 9.94. The molecule has 29 heavy (non-hydrogen) atoms. The molecule has 0 radical (unpaired) electrons. The van der Waals surface area contributed by atoms with Crippen molar-refractivity contribution >= 4 is 17.0 Å². The van der Waals surface area contributed by atoms with Gasteiger partial charge >= 0.3 is 0 Å². The van der Waals surface area contributed by atoms with Crippen LogP contribution in [0.25, 0.3) is 28.2 Å². The van der Waals surface area contributed by atoms with Crippen molar-refractivity contribution in [3.05, 3.63) is 54.9 Å². The number of morpholine rings is 1. The van der Waals surface area contributed by atoms with Crippen LogP contribution in [-0.2, 0) is 4.74 Å². The third kappa shape index (κ3) is 3.13. The lowest BCUT2D eigenvalue weighted by molar-refractivity contribution is 0.122. The van der Waals surface area contributed by atoms with Crippen molar-refractivity contribution in [2.75, 3.05) is 31.2 Å². The number of phenols is 2. The molecule has 0 amide bonds. The number of aromatic hydroxyl groups is 2. The van der Waals surface area contributed by atoms with Gasteiger partial charge in [0.2, 0.25) is 0 Å². The van der Waals surface area contributed by atoms with Crippen LogP contribution >= 0.6 is 0 Å². The highest BCUT2D eigenvalue weighted by atomic mass is 16.5. The number of aromatic nitrogens is 4. The fourth-order valence-electron chi connectivity index (χ4n) is 3.45. The van der Waals surface area contributed by atoms with E-state index in [1.54, 1.807) is 12.4 Å². The third-order valence-corrected chi connectivity index (χ3v) is 4.96. The van der Waals surface area contributed by atoms with Crippen LogP contribution in [0, 0.1) is 0 Å². The number of hydrogen-bond acceptors (Lipinski definition) is 7. The molecule has 5 rings (SSSR count). The van der Waals surface area contributed by atoms with Gasteiger partial charge in [0.1, 0.15) is 6.33 Å². The molecule has 1 aliphatic rings. The number of para-hydroxylation sites is 1. The molecule has 0 unspecified atom stereocenters. The molecule has 146 valence electrons. The van der Waals surface area contributed by atoms with E-state index in [0.717, 1.165) is 11.5 Å². The number of ether oxygens (including phenoxy) is 1.